The van der Waals surface area contributed by atoms with E-state index >= 15 is 0 Å². The molecule has 1 unspecified atom stereocenters. The summed E-state index contributed by atoms with van der Waals surface area (Å²) in [5.74, 6) is -0.631. The van der Waals surface area contributed by atoms with Crippen LogP contribution in [0.15, 0.2) is 47.1 Å². The van der Waals surface area contributed by atoms with E-state index in [0.717, 1.165) is 16.0 Å². The van der Waals surface area contributed by atoms with Crippen molar-refractivity contribution in [3.8, 4) is 0 Å². The van der Waals surface area contributed by atoms with E-state index in [1.807, 2.05) is 24.3 Å². The first-order chi connectivity index (χ1) is 15.0. The minimum atomic E-state index is -1.07. The quantitative estimate of drug-likeness (QED) is 0.742. The Morgan fingerprint density at radius 1 is 1.00 bits per heavy atom. The van der Waals surface area contributed by atoms with Gasteiger partial charge in [0, 0.05) is 26.2 Å². The number of amides is 5. The Hall–Kier alpha value is -3.62. The maximum absolute atomic E-state index is 13.2. The number of nitrogens with one attached hydrogen (secondary N) is 1. The van der Waals surface area contributed by atoms with Gasteiger partial charge < -0.3 is 19.5 Å². The molecule has 0 bridgehead atoms. The molecule has 3 heterocycles. The topological polar surface area (TPSA) is 103 Å². The van der Waals surface area contributed by atoms with Crippen molar-refractivity contribution in [2.75, 3.05) is 32.7 Å². The van der Waals surface area contributed by atoms with Crippen molar-refractivity contribution in [3.63, 3.8) is 0 Å². The molecule has 2 saturated heterocycles. The van der Waals surface area contributed by atoms with E-state index in [9.17, 15) is 19.2 Å². The number of nitrogens with zero attached hydrogens (tertiary/aromatic N) is 3. The summed E-state index contributed by atoms with van der Waals surface area (Å²) in [6.45, 7) is 1.10. The Labute approximate surface area is 178 Å². The average Bonchev–Trinajstić information content (AvgIpc) is 3.50. The van der Waals surface area contributed by atoms with Crippen LogP contribution in [0.3, 0.4) is 0 Å². The number of rotatable bonds is 3. The number of hydrogen-bond acceptors (Lipinski definition) is 5. The zero-order valence-corrected chi connectivity index (χ0v) is 16.9. The molecule has 2 fully saturated rings. The van der Waals surface area contributed by atoms with Crippen LogP contribution in [-0.4, -0.2) is 71.2 Å². The number of imide groups is 1. The third-order valence-corrected chi connectivity index (χ3v) is 6.37. The number of furan rings is 1. The lowest BCUT2D eigenvalue weighted by Crippen LogP contribution is -2.53. The van der Waals surface area contributed by atoms with Crippen LogP contribution < -0.4 is 5.32 Å². The number of carbonyl (C=O) groups is 4. The molecule has 3 aliphatic rings. The summed E-state index contributed by atoms with van der Waals surface area (Å²) in [6.07, 6.45) is 2.64. The first-order valence-corrected chi connectivity index (χ1v) is 10.3. The molecule has 1 aliphatic carbocycles. The minimum absolute atomic E-state index is 0.215. The highest BCUT2D eigenvalue weighted by Gasteiger charge is 2.55. The second-order valence-corrected chi connectivity index (χ2v) is 8.03. The molecule has 1 aromatic heterocycles. The van der Waals surface area contributed by atoms with Crippen LogP contribution >= 0.6 is 0 Å². The van der Waals surface area contributed by atoms with Crippen molar-refractivity contribution in [2.45, 2.75) is 18.4 Å². The molecule has 0 radical (unpaired) electrons. The van der Waals surface area contributed by atoms with Crippen molar-refractivity contribution >= 4 is 23.8 Å². The van der Waals surface area contributed by atoms with Crippen molar-refractivity contribution in [1.82, 2.24) is 20.0 Å². The summed E-state index contributed by atoms with van der Waals surface area (Å²) in [7, 11) is 0. The van der Waals surface area contributed by atoms with E-state index in [-0.39, 0.29) is 30.0 Å². The predicted molar refractivity (Wildman–Crippen MR) is 108 cm³/mol. The summed E-state index contributed by atoms with van der Waals surface area (Å²) < 4.78 is 5.15. The van der Waals surface area contributed by atoms with E-state index in [0.29, 0.717) is 39.0 Å². The van der Waals surface area contributed by atoms with Crippen LogP contribution in [0, 0.1) is 0 Å². The zero-order valence-electron chi connectivity index (χ0n) is 16.9. The number of carbonyl (C=O) groups excluding carboxylic acids is 4. The summed E-state index contributed by atoms with van der Waals surface area (Å²) in [6, 6.07) is 10.3. The van der Waals surface area contributed by atoms with Gasteiger partial charge >= 0.3 is 6.03 Å². The van der Waals surface area contributed by atoms with Gasteiger partial charge in [-0.05, 0) is 36.1 Å². The normalized spacial score (nSPS) is 22.8. The Morgan fingerprint density at radius 3 is 2.48 bits per heavy atom. The van der Waals surface area contributed by atoms with E-state index in [1.165, 1.54) is 6.26 Å². The Kier molecular flexibility index (Phi) is 4.53. The highest BCUT2D eigenvalue weighted by Crippen LogP contribution is 2.41. The first kappa shape index (κ1) is 19.3. The van der Waals surface area contributed by atoms with Gasteiger partial charge in [0.1, 0.15) is 12.1 Å². The summed E-state index contributed by atoms with van der Waals surface area (Å²) in [5.41, 5.74) is 0.789. The predicted octanol–water partition coefficient (Wildman–Crippen LogP) is 0.957. The van der Waals surface area contributed by atoms with Gasteiger partial charge in [0.05, 0.1) is 6.26 Å². The highest BCUT2D eigenvalue weighted by atomic mass is 16.3. The van der Waals surface area contributed by atoms with Crippen LogP contribution in [0.2, 0.25) is 0 Å². The van der Waals surface area contributed by atoms with E-state index < -0.39 is 11.6 Å². The second-order valence-electron chi connectivity index (χ2n) is 8.03. The van der Waals surface area contributed by atoms with Gasteiger partial charge in [0.2, 0.25) is 5.91 Å². The maximum Gasteiger partial charge on any atom is 0.325 e. The largest absolute Gasteiger partial charge is 0.459 e. The highest BCUT2D eigenvalue weighted by molar-refractivity contribution is 6.10. The minimum Gasteiger partial charge on any atom is -0.459 e. The monoisotopic (exact) mass is 422 g/mol. The van der Waals surface area contributed by atoms with Crippen molar-refractivity contribution < 1.29 is 23.6 Å². The number of benzene rings is 1. The first-order valence-electron chi connectivity index (χ1n) is 10.3. The molecule has 1 N–H and O–H groups in total. The molecule has 9 nitrogen and oxygen atoms in total. The third kappa shape index (κ3) is 3.08. The number of fused-ring (bicyclic) bond motifs is 2. The Bertz CT molecular complexity index is 1060. The summed E-state index contributed by atoms with van der Waals surface area (Å²) >= 11 is 0. The third-order valence-electron chi connectivity index (χ3n) is 6.37. The SMILES string of the molecule is O=C(CN1C(=O)NC2(CCc3ccccc32)C1=O)N1CCN(C(=O)c2ccco2)CC1. The van der Waals surface area contributed by atoms with Crippen LogP contribution in [0.5, 0.6) is 0 Å². The maximum atomic E-state index is 13.2. The molecule has 31 heavy (non-hydrogen) atoms. The van der Waals surface area contributed by atoms with Crippen molar-refractivity contribution in [1.29, 1.82) is 0 Å². The lowest BCUT2D eigenvalue weighted by Gasteiger charge is -2.34. The standard InChI is InChI=1S/C22H22N4O5/c27-18(24-9-11-25(12-10-24)19(28)17-6-3-13-31-17)14-26-20(29)22(23-21(26)30)8-7-15-4-1-2-5-16(15)22/h1-6,13H,7-12,14H2,(H,23,30). The van der Waals surface area contributed by atoms with Crippen LogP contribution in [0.4, 0.5) is 4.79 Å². The van der Waals surface area contributed by atoms with Crippen LogP contribution in [-0.2, 0) is 21.5 Å². The molecule has 5 amide bonds. The lowest BCUT2D eigenvalue weighted by molar-refractivity contribution is -0.140. The molecule has 1 spiro atoms. The molecule has 0 saturated carbocycles. The summed E-state index contributed by atoms with van der Waals surface area (Å²) in [4.78, 5) is 55.2. The van der Waals surface area contributed by atoms with Gasteiger partial charge in [-0.1, -0.05) is 24.3 Å². The van der Waals surface area contributed by atoms with Gasteiger partial charge in [0.15, 0.2) is 5.76 Å². The molecule has 5 rings (SSSR count). The molecular formula is C22H22N4O5. The van der Waals surface area contributed by atoms with Gasteiger partial charge in [-0.15, -0.1) is 0 Å². The molecule has 1 atom stereocenters. The molecule has 160 valence electrons. The van der Waals surface area contributed by atoms with Crippen molar-refractivity contribution in [3.05, 3.63) is 59.5 Å². The number of piperazine rings is 1. The number of aryl methyl sites for hydroxylation is 1. The second kappa shape index (κ2) is 7.26. The molecule has 9 heteroatoms. The van der Waals surface area contributed by atoms with Gasteiger partial charge in [-0.3, -0.25) is 19.3 Å². The fourth-order valence-electron chi connectivity index (χ4n) is 4.68. The summed E-state index contributed by atoms with van der Waals surface area (Å²) in [5, 5.41) is 2.83. The molecule has 2 aliphatic heterocycles. The smallest absolute Gasteiger partial charge is 0.325 e. The van der Waals surface area contributed by atoms with Gasteiger partial charge in [-0.2, -0.15) is 0 Å². The Balaban J connectivity index is 1.23. The zero-order chi connectivity index (χ0) is 21.6. The fourth-order valence-corrected chi connectivity index (χ4v) is 4.68. The fraction of sp³-hybridized carbons (Fsp3) is 0.364. The van der Waals surface area contributed by atoms with Gasteiger partial charge in [0.25, 0.3) is 11.8 Å². The van der Waals surface area contributed by atoms with Crippen LogP contribution in [0.1, 0.15) is 28.1 Å². The number of urea groups is 1. The molecular weight excluding hydrogens is 400 g/mol. The molecule has 2 aromatic rings. The lowest BCUT2D eigenvalue weighted by atomic mass is 9.92. The molecule has 1 aromatic carbocycles. The average molecular weight is 422 g/mol. The van der Waals surface area contributed by atoms with Gasteiger partial charge in [-0.25, -0.2) is 4.79 Å². The Morgan fingerprint density at radius 2 is 1.74 bits per heavy atom. The van der Waals surface area contributed by atoms with E-state index in [1.54, 1.807) is 21.9 Å². The van der Waals surface area contributed by atoms with Crippen LogP contribution in [0.25, 0.3) is 0 Å². The van der Waals surface area contributed by atoms with E-state index in [4.69, 9.17) is 4.42 Å². The van der Waals surface area contributed by atoms with E-state index in [2.05, 4.69) is 5.32 Å². The number of hydrogen-bond donors (Lipinski definition) is 1. The van der Waals surface area contributed by atoms with Crippen molar-refractivity contribution in [2.24, 2.45) is 0 Å².